The van der Waals surface area contributed by atoms with E-state index in [4.69, 9.17) is 18.9 Å². The van der Waals surface area contributed by atoms with Crippen molar-refractivity contribution < 1.29 is 33.6 Å². The lowest BCUT2D eigenvalue weighted by Gasteiger charge is -2.19. The van der Waals surface area contributed by atoms with Crippen molar-refractivity contribution in [1.82, 2.24) is 0 Å². The number of nitrogens with one attached hydrogen (secondary N) is 1. The van der Waals surface area contributed by atoms with Crippen molar-refractivity contribution in [2.75, 3.05) is 31.7 Å². The lowest BCUT2D eigenvalue weighted by Crippen LogP contribution is -2.25. The molecule has 2 aromatic rings. The maximum atomic E-state index is 12.6. The summed E-state index contributed by atoms with van der Waals surface area (Å²) >= 11 is 0. The molecular weight excluding hydrogens is 354 g/mol. The summed E-state index contributed by atoms with van der Waals surface area (Å²) in [5.74, 6) is -0.220. The topological polar surface area (TPSA) is 106 Å². The van der Waals surface area contributed by atoms with Crippen LogP contribution >= 0.6 is 0 Å². The van der Waals surface area contributed by atoms with Gasteiger partial charge in [0.2, 0.25) is 0 Å². The second-order valence-electron chi connectivity index (χ2n) is 6.00. The third kappa shape index (κ3) is 3.46. The van der Waals surface area contributed by atoms with E-state index in [-0.39, 0.29) is 11.3 Å². The molecule has 2 heterocycles. The van der Waals surface area contributed by atoms with E-state index in [2.05, 4.69) is 5.32 Å². The molecule has 8 heteroatoms. The maximum absolute atomic E-state index is 12.6. The van der Waals surface area contributed by atoms with Gasteiger partial charge in [-0.25, -0.2) is 0 Å². The van der Waals surface area contributed by atoms with Crippen molar-refractivity contribution in [1.29, 1.82) is 0 Å². The fraction of sp³-hybridized carbons (Fsp3) is 0.263. The minimum atomic E-state index is -1.43. The monoisotopic (exact) mass is 370 g/mol. The van der Waals surface area contributed by atoms with Crippen molar-refractivity contribution in [3.05, 3.63) is 41.5 Å². The molecule has 27 heavy (non-hydrogen) atoms. The quantitative estimate of drug-likeness (QED) is 0.866. The molecule has 4 rings (SSSR count). The Morgan fingerprint density at radius 1 is 0.815 bits per heavy atom. The summed E-state index contributed by atoms with van der Waals surface area (Å²) in [6.45, 7) is 1.70. The molecule has 2 aromatic carbocycles. The average molecular weight is 370 g/mol. The van der Waals surface area contributed by atoms with E-state index in [0.717, 1.165) is 0 Å². The zero-order chi connectivity index (χ0) is 18.8. The van der Waals surface area contributed by atoms with Gasteiger partial charge in [-0.15, -0.1) is 0 Å². The van der Waals surface area contributed by atoms with Gasteiger partial charge in [-0.1, -0.05) is 0 Å². The average Bonchev–Trinajstić information content (AvgIpc) is 2.91. The number of rotatable bonds is 3. The van der Waals surface area contributed by atoms with Gasteiger partial charge in [0.15, 0.2) is 23.0 Å². The third-order valence-electron chi connectivity index (χ3n) is 4.16. The fourth-order valence-electron chi connectivity index (χ4n) is 2.86. The van der Waals surface area contributed by atoms with Crippen LogP contribution in [0.4, 0.5) is 5.69 Å². The molecule has 0 saturated heterocycles. The van der Waals surface area contributed by atoms with E-state index in [9.17, 15) is 14.7 Å². The van der Waals surface area contributed by atoms with Crippen molar-refractivity contribution in [3.8, 4) is 23.0 Å². The Hall–Kier alpha value is -3.42. The molecule has 0 radical (unpaired) electrons. The van der Waals surface area contributed by atoms with Crippen LogP contribution in [0.15, 0.2) is 30.3 Å². The second kappa shape index (κ2) is 7.06. The van der Waals surface area contributed by atoms with E-state index in [0.29, 0.717) is 61.4 Å². The maximum Gasteiger partial charge on any atom is 0.255 e. The second-order valence-corrected chi connectivity index (χ2v) is 6.00. The minimum absolute atomic E-state index is 0.0686. The molecule has 2 aliphatic rings. The molecule has 2 aliphatic heterocycles. The number of carbonyl (C=O) groups is 2. The van der Waals surface area contributed by atoms with Gasteiger partial charge in [0.25, 0.3) is 5.91 Å². The molecule has 1 amide bonds. The van der Waals surface area contributed by atoms with Crippen molar-refractivity contribution in [2.45, 2.75) is 6.42 Å². The van der Waals surface area contributed by atoms with Crippen molar-refractivity contribution in [3.63, 3.8) is 0 Å². The molecule has 0 unspecified atom stereocenters. The molecule has 0 fully saturated rings. The number of amides is 1. The molecule has 140 valence electrons. The Labute approximate surface area is 154 Å². The molecule has 8 nitrogen and oxygen atoms in total. The molecule has 1 N–H and O–H groups in total. The Morgan fingerprint density at radius 2 is 1.44 bits per heavy atom. The highest BCUT2D eigenvalue weighted by molar-refractivity contribution is 6.08. The molecule has 0 spiro atoms. The number of aromatic carboxylic acids is 1. The smallest absolute Gasteiger partial charge is 0.255 e. The summed E-state index contributed by atoms with van der Waals surface area (Å²) in [6, 6.07) is 7.49. The molecule has 0 aliphatic carbocycles. The number of hydrogen-bond donors (Lipinski definition) is 1. The normalized spacial score (nSPS) is 14.8. The van der Waals surface area contributed by atoms with Gasteiger partial charge in [-0.3, -0.25) is 4.79 Å². The SMILES string of the molecule is O=C(Nc1cc2c(cc1C(=O)[O-])OCCCO2)c1ccc2c(c1)OCCO2. The highest BCUT2D eigenvalue weighted by Gasteiger charge is 2.19. The van der Waals surface area contributed by atoms with Gasteiger partial charge >= 0.3 is 0 Å². The van der Waals surface area contributed by atoms with E-state index in [1.807, 2.05) is 0 Å². The third-order valence-corrected chi connectivity index (χ3v) is 4.16. The number of benzene rings is 2. The van der Waals surface area contributed by atoms with Gasteiger partial charge in [0, 0.05) is 23.6 Å². The predicted octanol–water partition coefficient (Wildman–Crippen LogP) is 1.23. The summed E-state index contributed by atoms with van der Waals surface area (Å²) in [6.07, 6.45) is 0.675. The van der Waals surface area contributed by atoms with Gasteiger partial charge in [0.05, 0.1) is 24.9 Å². The first-order valence-corrected chi connectivity index (χ1v) is 8.48. The number of fused-ring (bicyclic) bond motifs is 2. The number of carbonyl (C=O) groups excluding carboxylic acids is 2. The predicted molar refractivity (Wildman–Crippen MR) is 91.8 cm³/mol. The van der Waals surface area contributed by atoms with E-state index < -0.39 is 11.9 Å². The summed E-state index contributed by atoms with van der Waals surface area (Å²) in [7, 11) is 0. The van der Waals surface area contributed by atoms with Crippen LogP contribution < -0.4 is 29.4 Å². The van der Waals surface area contributed by atoms with Crippen LogP contribution in [0.2, 0.25) is 0 Å². The minimum Gasteiger partial charge on any atom is -0.545 e. The number of carboxylic acid groups (broad SMARTS) is 1. The van der Waals surface area contributed by atoms with E-state index in [1.54, 1.807) is 18.2 Å². The fourth-order valence-corrected chi connectivity index (χ4v) is 2.86. The summed E-state index contributed by atoms with van der Waals surface area (Å²) < 4.78 is 21.9. The molecular formula is C19H16NO7-. The molecule has 0 aromatic heterocycles. The van der Waals surface area contributed by atoms with Crippen LogP contribution in [-0.2, 0) is 0 Å². The standard InChI is InChI=1S/C19H17NO7/c21-18(11-2-3-14-15(8-11)27-7-6-26-14)20-13-10-17-16(9-12(13)19(22)23)24-4-1-5-25-17/h2-3,8-10H,1,4-7H2,(H,20,21)(H,22,23)/p-1. The number of hydrogen-bond acceptors (Lipinski definition) is 7. The lowest BCUT2D eigenvalue weighted by molar-refractivity contribution is -0.254. The summed E-state index contributed by atoms with van der Waals surface area (Å²) in [5, 5.41) is 14.1. The van der Waals surface area contributed by atoms with E-state index >= 15 is 0 Å². The Balaban J connectivity index is 1.64. The lowest BCUT2D eigenvalue weighted by atomic mass is 10.1. The van der Waals surface area contributed by atoms with Crippen molar-refractivity contribution >= 4 is 17.6 Å². The highest BCUT2D eigenvalue weighted by Crippen LogP contribution is 2.36. The van der Waals surface area contributed by atoms with Gasteiger partial charge in [-0.05, 0) is 24.3 Å². The molecule has 0 atom stereocenters. The van der Waals surface area contributed by atoms with Crippen molar-refractivity contribution in [2.24, 2.45) is 0 Å². The van der Waals surface area contributed by atoms with Crippen LogP contribution in [-0.4, -0.2) is 38.3 Å². The largest absolute Gasteiger partial charge is 0.545 e. The first-order valence-electron chi connectivity index (χ1n) is 8.48. The van der Waals surface area contributed by atoms with Crippen LogP contribution in [0.5, 0.6) is 23.0 Å². The zero-order valence-electron chi connectivity index (χ0n) is 14.3. The molecule has 0 bridgehead atoms. The number of ether oxygens (including phenoxy) is 4. The first-order chi connectivity index (χ1) is 13.1. The summed E-state index contributed by atoms with van der Waals surface area (Å²) in [5.41, 5.74) is 0.181. The summed E-state index contributed by atoms with van der Waals surface area (Å²) in [4.78, 5) is 24.1. The Kier molecular flexibility index (Phi) is 4.45. The van der Waals surface area contributed by atoms with Gasteiger partial charge in [0.1, 0.15) is 13.2 Å². The Morgan fingerprint density at radius 3 is 2.19 bits per heavy atom. The van der Waals surface area contributed by atoms with Crippen LogP contribution in [0.25, 0.3) is 0 Å². The van der Waals surface area contributed by atoms with Crippen LogP contribution in [0, 0.1) is 0 Å². The van der Waals surface area contributed by atoms with Crippen LogP contribution in [0.3, 0.4) is 0 Å². The Bertz CT molecular complexity index is 909. The van der Waals surface area contributed by atoms with E-state index in [1.165, 1.54) is 12.1 Å². The highest BCUT2D eigenvalue weighted by atomic mass is 16.6. The number of carboxylic acids is 1. The van der Waals surface area contributed by atoms with Crippen LogP contribution in [0.1, 0.15) is 27.1 Å². The van der Waals surface area contributed by atoms with Gasteiger partial charge in [-0.2, -0.15) is 0 Å². The van der Waals surface area contributed by atoms with Gasteiger partial charge < -0.3 is 34.2 Å². The first kappa shape index (κ1) is 17.0. The molecule has 0 saturated carbocycles. The number of anilines is 1. The zero-order valence-corrected chi connectivity index (χ0v) is 14.3.